The predicted molar refractivity (Wildman–Crippen MR) is 62.6 cm³/mol. The molecule has 0 aliphatic carbocycles. The smallest absolute Gasteiger partial charge is 0.305 e. The van der Waals surface area contributed by atoms with Crippen molar-refractivity contribution in [3.63, 3.8) is 0 Å². The molecule has 0 aliphatic heterocycles. The monoisotopic (exact) mass is 253 g/mol. The quantitative estimate of drug-likeness (QED) is 0.385. The van der Waals surface area contributed by atoms with Crippen LogP contribution in [0.1, 0.15) is 12.8 Å². The molecule has 0 atom stereocenters. The Hall–Kier alpha value is -2.13. The molecule has 0 radical (unpaired) electrons. The van der Waals surface area contributed by atoms with E-state index in [9.17, 15) is 14.9 Å². The van der Waals surface area contributed by atoms with E-state index in [1.165, 1.54) is 12.1 Å². The Kier molecular flexibility index (Phi) is 4.43. The molecule has 0 unspecified atom stereocenters. The Morgan fingerprint density at radius 3 is 2.94 bits per heavy atom. The molecule has 1 amide bonds. The highest BCUT2D eigenvalue weighted by atomic mass is 35.5. The molecule has 1 N–H and O–H groups in total. The summed E-state index contributed by atoms with van der Waals surface area (Å²) in [6, 6.07) is 2.45. The zero-order valence-electron chi connectivity index (χ0n) is 8.64. The number of halogens is 1. The lowest BCUT2D eigenvalue weighted by molar-refractivity contribution is -0.384. The summed E-state index contributed by atoms with van der Waals surface area (Å²) in [5.74, 6) is 1.67. The number of carbonyl (C=O) groups is 1. The van der Waals surface area contributed by atoms with Gasteiger partial charge in [-0.05, 0) is 6.07 Å². The van der Waals surface area contributed by atoms with Crippen LogP contribution in [0.5, 0.6) is 0 Å². The van der Waals surface area contributed by atoms with Gasteiger partial charge in [0.1, 0.15) is 5.15 Å². The Balaban J connectivity index is 2.89. The molecular weight excluding hydrogens is 246 g/mol. The summed E-state index contributed by atoms with van der Waals surface area (Å²) in [6.45, 7) is 0. The number of anilines is 1. The van der Waals surface area contributed by atoms with Gasteiger partial charge in [-0.15, -0.1) is 12.3 Å². The maximum atomic E-state index is 11.3. The van der Waals surface area contributed by atoms with Crippen molar-refractivity contribution >= 4 is 29.0 Å². The average Bonchev–Trinajstić information content (AvgIpc) is 2.26. The van der Waals surface area contributed by atoms with Gasteiger partial charge in [-0.1, -0.05) is 11.6 Å². The van der Waals surface area contributed by atoms with Gasteiger partial charge in [0.2, 0.25) is 11.7 Å². The van der Waals surface area contributed by atoms with Crippen LogP contribution in [0.15, 0.2) is 12.1 Å². The summed E-state index contributed by atoms with van der Waals surface area (Å²) in [4.78, 5) is 25.0. The molecule has 0 spiro atoms. The first-order valence-corrected chi connectivity index (χ1v) is 4.96. The largest absolute Gasteiger partial charge is 0.311 e. The van der Waals surface area contributed by atoms with Crippen LogP contribution in [0.4, 0.5) is 11.5 Å². The van der Waals surface area contributed by atoms with Crippen LogP contribution < -0.4 is 5.32 Å². The fraction of sp³-hybridized carbons (Fsp3) is 0.200. The van der Waals surface area contributed by atoms with Gasteiger partial charge < -0.3 is 5.32 Å². The fourth-order valence-corrected chi connectivity index (χ4v) is 1.20. The van der Waals surface area contributed by atoms with Crippen LogP contribution in [0.3, 0.4) is 0 Å². The van der Waals surface area contributed by atoms with Gasteiger partial charge in [0, 0.05) is 18.9 Å². The lowest BCUT2D eigenvalue weighted by atomic mass is 10.3. The number of aromatic nitrogens is 1. The SMILES string of the molecule is C#CCCC(=O)Nc1nc(Cl)ccc1[N+](=O)[O-]. The number of pyridine rings is 1. The summed E-state index contributed by atoms with van der Waals surface area (Å²) >= 11 is 5.59. The highest BCUT2D eigenvalue weighted by Gasteiger charge is 2.17. The van der Waals surface area contributed by atoms with E-state index in [2.05, 4.69) is 16.2 Å². The first kappa shape index (κ1) is 12.9. The molecule has 1 aromatic rings. The van der Waals surface area contributed by atoms with Gasteiger partial charge in [0.15, 0.2) is 0 Å². The van der Waals surface area contributed by atoms with Crippen LogP contribution in [-0.4, -0.2) is 15.8 Å². The zero-order chi connectivity index (χ0) is 12.8. The van der Waals surface area contributed by atoms with Crippen molar-refractivity contribution in [3.8, 4) is 12.3 Å². The molecule has 1 rings (SSSR count). The van der Waals surface area contributed by atoms with Crippen molar-refractivity contribution in [2.75, 3.05) is 5.32 Å². The molecule has 88 valence electrons. The summed E-state index contributed by atoms with van der Waals surface area (Å²) in [7, 11) is 0. The standard InChI is InChI=1S/C10H8ClN3O3/c1-2-3-4-9(15)13-10-7(14(16)17)5-6-8(11)12-10/h1,5-6H,3-4H2,(H,12,13,15). The second-order valence-electron chi connectivity index (χ2n) is 3.01. The summed E-state index contributed by atoms with van der Waals surface area (Å²) in [5.41, 5.74) is -0.316. The van der Waals surface area contributed by atoms with E-state index >= 15 is 0 Å². The number of hydrogen-bond donors (Lipinski definition) is 1. The Morgan fingerprint density at radius 1 is 1.65 bits per heavy atom. The third kappa shape index (κ3) is 3.74. The van der Waals surface area contributed by atoms with E-state index in [0.717, 1.165) is 0 Å². The first-order valence-electron chi connectivity index (χ1n) is 4.59. The molecule has 0 saturated carbocycles. The lowest BCUT2D eigenvalue weighted by Crippen LogP contribution is -2.13. The molecule has 1 aromatic heterocycles. The number of hydrogen-bond acceptors (Lipinski definition) is 4. The van der Waals surface area contributed by atoms with Crippen LogP contribution in [0.25, 0.3) is 0 Å². The highest BCUT2D eigenvalue weighted by molar-refractivity contribution is 6.29. The normalized spacial score (nSPS) is 9.41. The molecule has 0 aliphatic rings. The van der Waals surface area contributed by atoms with Crippen LogP contribution in [0.2, 0.25) is 5.15 Å². The summed E-state index contributed by atoms with van der Waals surface area (Å²) < 4.78 is 0. The average molecular weight is 254 g/mol. The molecule has 1 heterocycles. The molecule has 0 bridgehead atoms. The van der Waals surface area contributed by atoms with Gasteiger partial charge in [0.05, 0.1) is 4.92 Å². The van der Waals surface area contributed by atoms with Crippen molar-refractivity contribution in [2.45, 2.75) is 12.8 Å². The maximum absolute atomic E-state index is 11.3. The van der Waals surface area contributed by atoms with E-state index < -0.39 is 10.8 Å². The molecule has 7 heteroatoms. The third-order valence-corrected chi connectivity index (χ3v) is 2.00. The summed E-state index contributed by atoms with van der Waals surface area (Å²) in [6.07, 6.45) is 5.32. The minimum atomic E-state index is -0.653. The number of amides is 1. The molecule has 0 fully saturated rings. The molecule has 6 nitrogen and oxygen atoms in total. The van der Waals surface area contributed by atoms with E-state index in [1.54, 1.807) is 0 Å². The second-order valence-corrected chi connectivity index (χ2v) is 3.40. The second kappa shape index (κ2) is 5.82. The van der Waals surface area contributed by atoms with E-state index in [1.807, 2.05) is 0 Å². The minimum absolute atomic E-state index is 0.0582. The molecular formula is C10H8ClN3O3. The van der Waals surface area contributed by atoms with Gasteiger partial charge >= 0.3 is 5.69 Å². The van der Waals surface area contributed by atoms with Gasteiger partial charge in [-0.3, -0.25) is 14.9 Å². The number of rotatable bonds is 4. The highest BCUT2D eigenvalue weighted by Crippen LogP contribution is 2.23. The van der Waals surface area contributed by atoms with Crippen molar-refractivity contribution in [1.29, 1.82) is 0 Å². The van der Waals surface area contributed by atoms with Gasteiger partial charge in [-0.25, -0.2) is 4.98 Å². The lowest BCUT2D eigenvalue weighted by Gasteiger charge is -2.04. The summed E-state index contributed by atoms with van der Waals surface area (Å²) in [5, 5.41) is 13.0. The predicted octanol–water partition coefficient (Wildman–Crippen LogP) is 2.00. The maximum Gasteiger partial charge on any atom is 0.311 e. The van der Waals surface area contributed by atoms with Crippen molar-refractivity contribution in [3.05, 3.63) is 27.4 Å². The number of terminal acetylenes is 1. The Bertz CT molecular complexity index is 496. The zero-order valence-corrected chi connectivity index (χ0v) is 9.40. The van der Waals surface area contributed by atoms with Crippen LogP contribution >= 0.6 is 11.6 Å². The third-order valence-electron chi connectivity index (χ3n) is 1.79. The van der Waals surface area contributed by atoms with Crippen LogP contribution in [-0.2, 0) is 4.79 Å². The number of nitrogens with zero attached hydrogens (tertiary/aromatic N) is 2. The van der Waals surface area contributed by atoms with Gasteiger partial charge in [-0.2, -0.15) is 0 Å². The molecule has 0 aromatic carbocycles. The first-order chi connectivity index (χ1) is 8.04. The number of carbonyl (C=O) groups excluding carboxylic acids is 1. The molecule has 0 saturated heterocycles. The number of nitrogens with one attached hydrogen (secondary N) is 1. The van der Waals surface area contributed by atoms with E-state index in [4.69, 9.17) is 18.0 Å². The fourth-order valence-electron chi connectivity index (χ4n) is 1.05. The van der Waals surface area contributed by atoms with E-state index in [0.29, 0.717) is 0 Å². The minimum Gasteiger partial charge on any atom is -0.305 e. The Morgan fingerprint density at radius 2 is 2.35 bits per heavy atom. The number of nitro groups is 1. The van der Waals surface area contributed by atoms with Crippen molar-refractivity contribution in [1.82, 2.24) is 4.98 Å². The van der Waals surface area contributed by atoms with E-state index in [-0.39, 0.29) is 29.5 Å². The topological polar surface area (TPSA) is 85.1 Å². The van der Waals surface area contributed by atoms with Crippen molar-refractivity contribution in [2.24, 2.45) is 0 Å². The van der Waals surface area contributed by atoms with Gasteiger partial charge in [0.25, 0.3) is 0 Å². The van der Waals surface area contributed by atoms with Crippen molar-refractivity contribution < 1.29 is 9.72 Å². The Labute approximate surface area is 102 Å². The molecule has 17 heavy (non-hydrogen) atoms. The van der Waals surface area contributed by atoms with Crippen LogP contribution in [0, 0.1) is 22.5 Å².